The second kappa shape index (κ2) is 8.71. The highest BCUT2D eigenvalue weighted by Gasteiger charge is 2.24. The van der Waals surface area contributed by atoms with Crippen molar-refractivity contribution in [3.8, 4) is 0 Å². The Morgan fingerprint density at radius 1 is 1.26 bits per heavy atom. The van der Waals surface area contributed by atoms with Gasteiger partial charge in [0, 0.05) is 12.2 Å². The minimum atomic E-state index is -1.93. The highest BCUT2D eigenvalue weighted by atomic mass is 28.4. The van der Waals surface area contributed by atoms with Crippen LogP contribution in [-0.4, -0.2) is 46.4 Å². The summed E-state index contributed by atoms with van der Waals surface area (Å²) in [6, 6.07) is 0. The number of hydrogen-bond donors (Lipinski definition) is 1. The Kier molecular flexibility index (Phi) is 8.09. The van der Waals surface area contributed by atoms with Crippen molar-refractivity contribution >= 4 is 20.4 Å². The van der Waals surface area contributed by atoms with Crippen molar-refractivity contribution in [2.75, 3.05) is 26.0 Å². The summed E-state index contributed by atoms with van der Waals surface area (Å²) in [5, 5.41) is 2.49. The number of carbonyl (C=O) groups is 2. The van der Waals surface area contributed by atoms with E-state index >= 15 is 0 Å². The van der Waals surface area contributed by atoms with E-state index < -0.39 is 20.4 Å². The normalized spacial score (nSPS) is 10.7. The number of alkyl carbamates (subject to hydrolysis) is 1. The quantitative estimate of drug-likeness (QED) is 0.318. The highest BCUT2D eigenvalue weighted by molar-refractivity contribution is 6.71. The number of hydrogen-bond acceptors (Lipinski definition) is 5. The third kappa shape index (κ3) is 9.26. The number of esters is 1. The molecule has 0 unspecified atom stereocenters. The van der Waals surface area contributed by atoms with Gasteiger partial charge in [0.1, 0.15) is 12.8 Å². The molecule has 6 nitrogen and oxygen atoms in total. The predicted molar refractivity (Wildman–Crippen MR) is 74.2 cm³/mol. The molecule has 0 heterocycles. The van der Waals surface area contributed by atoms with E-state index in [-0.39, 0.29) is 19.4 Å². The molecule has 0 aliphatic rings. The first-order valence-corrected chi connectivity index (χ1v) is 9.27. The molecule has 0 aromatic rings. The van der Waals surface area contributed by atoms with Crippen molar-refractivity contribution in [3.63, 3.8) is 0 Å². The number of carbonyl (C=O) groups excluding carboxylic acids is 2. The van der Waals surface area contributed by atoms with Crippen molar-refractivity contribution in [2.45, 2.75) is 26.9 Å². The fourth-order valence-corrected chi connectivity index (χ4v) is 2.49. The molecule has 19 heavy (non-hydrogen) atoms. The molecule has 0 aliphatic carbocycles. The van der Waals surface area contributed by atoms with E-state index in [4.69, 9.17) is 13.9 Å². The monoisotopic (exact) mass is 289 g/mol. The van der Waals surface area contributed by atoms with Gasteiger partial charge in [0.15, 0.2) is 0 Å². The zero-order valence-electron chi connectivity index (χ0n) is 12.1. The molecule has 0 saturated heterocycles. The molecule has 0 spiro atoms. The van der Waals surface area contributed by atoms with Crippen molar-refractivity contribution in [1.82, 2.24) is 5.32 Å². The smallest absolute Gasteiger partial charge is 0.407 e. The summed E-state index contributed by atoms with van der Waals surface area (Å²) in [4.78, 5) is 22.4. The van der Waals surface area contributed by atoms with Gasteiger partial charge in [0.05, 0.1) is 6.54 Å². The summed E-state index contributed by atoms with van der Waals surface area (Å²) >= 11 is 0. The highest BCUT2D eigenvalue weighted by Crippen LogP contribution is 2.04. The molecule has 110 valence electrons. The van der Waals surface area contributed by atoms with Crippen LogP contribution in [-0.2, 0) is 18.7 Å². The average molecular weight is 289 g/mol. The largest absolute Gasteiger partial charge is 0.460 e. The van der Waals surface area contributed by atoms with Crippen molar-refractivity contribution in [3.05, 3.63) is 12.2 Å². The van der Waals surface area contributed by atoms with E-state index in [1.54, 1.807) is 6.92 Å². The lowest BCUT2D eigenvalue weighted by atomic mass is 10.4. The number of amides is 1. The second-order valence-electron chi connectivity index (χ2n) is 4.61. The van der Waals surface area contributed by atoms with Gasteiger partial charge in [0.2, 0.25) is 8.32 Å². The zero-order valence-corrected chi connectivity index (χ0v) is 13.1. The second-order valence-corrected chi connectivity index (χ2v) is 8.71. The van der Waals surface area contributed by atoms with Gasteiger partial charge in [-0.1, -0.05) is 6.58 Å². The van der Waals surface area contributed by atoms with Gasteiger partial charge in [0.25, 0.3) is 0 Å². The summed E-state index contributed by atoms with van der Waals surface area (Å²) < 4.78 is 15.4. The maximum Gasteiger partial charge on any atom is 0.407 e. The summed E-state index contributed by atoms with van der Waals surface area (Å²) in [6.07, 6.45) is -0.246. The standard InChI is InChI=1S/C12H23NO5Si/c1-6-18-19(4,5)9-17-12(15)13-7-8-16-11(14)10(2)3/h2,6-9H2,1,3-5H3,(H,13,15). The van der Waals surface area contributed by atoms with E-state index in [0.717, 1.165) is 0 Å². The Labute approximate surface area is 115 Å². The van der Waals surface area contributed by atoms with Crippen molar-refractivity contribution in [1.29, 1.82) is 0 Å². The zero-order chi connectivity index (χ0) is 14.9. The molecule has 0 saturated carbocycles. The topological polar surface area (TPSA) is 73.9 Å². The average Bonchev–Trinajstić information content (AvgIpc) is 2.31. The molecule has 0 fully saturated rings. The maximum atomic E-state index is 11.3. The summed E-state index contributed by atoms with van der Waals surface area (Å²) in [7, 11) is -1.93. The molecule has 0 aromatic heterocycles. The lowest BCUT2D eigenvalue weighted by Crippen LogP contribution is -2.40. The molecule has 0 rings (SSSR count). The van der Waals surface area contributed by atoms with Crippen LogP contribution in [0.3, 0.4) is 0 Å². The van der Waals surface area contributed by atoms with E-state index in [1.807, 2.05) is 20.0 Å². The third-order valence-electron chi connectivity index (χ3n) is 2.04. The molecule has 7 heteroatoms. The van der Waals surface area contributed by atoms with Gasteiger partial charge in [-0.15, -0.1) is 0 Å². The van der Waals surface area contributed by atoms with Gasteiger partial charge >= 0.3 is 12.1 Å². The molecule has 0 aromatic carbocycles. The SMILES string of the molecule is C=C(C)C(=O)OCCNC(=O)OC[Si](C)(C)OCC. The Morgan fingerprint density at radius 2 is 1.89 bits per heavy atom. The molecule has 0 bridgehead atoms. The summed E-state index contributed by atoms with van der Waals surface area (Å²) in [5.41, 5.74) is 0.326. The number of rotatable bonds is 8. The van der Waals surface area contributed by atoms with Crippen molar-refractivity contribution < 1.29 is 23.5 Å². The maximum absolute atomic E-state index is 11.3. The first kappa shape index (κ1) is 17.7. The lowest BCUT2D eigenvalue weighted by molar-refractivity contribution is -0.138. The van der Waals surface area contributed by atoms with Crippen LogP contribution in [0.25, 0.3) is 0 Å². The van der Waals surface area contributed by atoms with Crippen LogP contribution in [0, 0.1) is 0 Å². The van der Waals surface area contributed by atoms with Gasteiger partial charge in [-0.3, -0.25) is 0 Å². The minimum Gasteiger partial charge on any atom is -0.460 e. The molecular weight excluding hydrogens is 266 g/mol. The van der Waals surface area contributed by atoms with Gasteiger partial charge < -0.3 is 19.2 Å². The molecule has 0 radical (unpaired) electrons. The van der Waals surface area contributed by atoms with Crippen LogP contribution >= 0.6 is 0 Å². The predicted octanol–water partition coefficient (Wildman–Crippen LogP) is 1.61. The number of nitrogens with one attached hydrogen (secondary N) is 1. The Morgan fingerprint density at radius 3 is 2.42 bits per heavy atom. The van der Waals surface area contributed by atoms with E-state index in [1.165, 1.54) is 0 Å². The van der Waals surface area contributed by atoms with Crippen LogP contribution in [0.2, 0.25) is 13.1 Å². The van der Waals surface area contributed by atoms with Crippen molar-refractivity contribution in [2.24, 2.45) is 0 Å². The van der Waals surface area contributed by atoms with E-state index in [2.05, 4.69) is 11.9 Å². The van der Waals surface area contributed by atoms with Crippen LogP contribution in [0.1, 0.15) is 13.8 Å². The first-order chi connectivity index (χ1) is 8.78. The lowest BCUT2D eigenvalue weighted by Gasteiger charge is -2.21. The first-order valence-electron chi connectivity index (χ1n) is 6.15. The van der Waals surface area contributed by atoms with Crippen LogP contribution in [0.15, 0.2) is 12.2 Å². The van der Waals surface area contributed by atoms with Gasteiger partial charge in [-0.05, 0) is 26.9 Å². The summed E-state index contributed by atoms with van der Waals surface area (Å²) in [5.74, 6) is -0.472. The Hall–Kier alpha value is -1.34. The van der Waals surface area contributed by atoms with Gasteiger partial charge in [-0.2, -0.15) is 0 Å². The van der Waals surface area contributed by atoms with E-state index in [9.17, 15) is 9.59 Å². The van der Waals surface area contributed by atoms with Crippen LogP contribution < -0.4 is 5.32 Å². The number of ether oxygens (including phenoxy) is 2. The Bertz CT molecular complexity index is 330. The van der Waals surface area contributed by atoms with Crippen LogP contribution in [0.5, 0.6) is 0 Å². The fourth-order valence-electron chi connectivity index (χ4n) is 1.14. The Balaban J connectivity index is 3.71. The molecule has 0 atom stereocenters. The van der Waals surface area contributed by atoms with Gasteiger partial charge in [-0.25, -0.2) is 9.59 Å². The molecular formula is C12H23NO5Si. The van der Waals surface area contributed by atoms with E-state index in [0.29, 0.717) is 12.2 Å². The molecule has 1 N–H and O–H groups in total. The summed E-state index contributed by atoms with van der Waals surface area (Å²) in [6.45, 7) is 11.8. The minimum absolute atomic E-state index is 0.0904. The fraction of sp³-hybridized carbons (Fsp3) is 0.667. The molecule has 1 amide bonds. The third-order valence-corrected chi connectivity index (χ3v) is 3.95. The molecule has 0 aliphatic heterocycles. The van der Waals surface area contributed by atoms with Crippen LogP contribution in [0.4, 0.5) is 4.79 Å².